The fraction of sp³-hybridized carbons (Fsp3) is 0.375. The van der Waals surface area contributed by atoms with Crippen LogP contribution in [-0.2, 0) is 9.53 Å². The Labute approximate surface area is 130 Å². The Morgan fingerprint density at radius 3 is 2.64 bits per heavy atom. The summed E-state index contributed by atoms with van der Waals surface area (Å²) < 4.78 is 10.2. The molecule has 0 saturated heterocycles. The summed E-state index contributed by atoms with van der Waals surface area (Å²) in [5.74, 6) is 0.438. The van der Waals surface area contributed by atoms with Gasteiger partial charge in [0.15, 0.2) is 6.61 Å². The van der Waals surface area contributed by atoms with Crippen LogP contribution in [0.2, 0.25) is 0 Å². The summed E-state index contributed by atoms with van der Waals surface area (Å²) in [6.07, 6.45) is 0.937. The molecule has 0 bridgehead atoms. The van der Waals surface area contributed by atoms with Crippen molar-refractivity contribution in [3.63, 3.8) is 0 Å². The summed E-state index contributed by atoms with van der Waals surface area (Å²) >= 11 is 0. The lowest BCUT2D eigenvalue weighted by atomic mass is 10.1. The molecule has 0 fully saturated rings. The Balaban J connectivity index is 2.18. The van der Waals surface area contributed by atoms with E-state index in [1.807, 2.05) is 32.0 Å². The summed E-state index contributed by atoms with van der Waals surface area (Å²) in [4.78, 5) is 22.7. The van der Waals surface area contributed by atoms with E-state index >= 15 is 0 Å². The van der Waals surface area contributed by atoms with E-state index in [9.17, 15) is 9.59 Å². The second kappa shape index (κ2) is 9.44. The van der Waals surface area contributed by atoms with Crippen LogP contribution in [0.3, 0.4) is 0 Å². The van der Waals surface area contributed by atoms with Gasteiger partial charge in [-0.05, 0) is 25.5 Å². The molecule has 2 N–H and O–H groups in total. The first-order valence-corrected chi connectivity index (χ1v) is 7.01. The molecule has 0 heterocycles. The Morgan fingerprint density at radius 1 is 1.23 bits per heavy atom. The highest BCUT2D eigenvalue weighted by Gasteiger charge is 2.05. The van der Waals surface area contributed by atoms with Crippen LogP contribution in [0.25, 0.3) is 0 Å². The minimum atomic E-state index is -0.541. The monoisotopic (exact) mass is 306 g/mol. The molecule has 1 aromatic rings. The molecule has 6 heteroatoms. The number of aryl methyl sites for hydroxylation is 2. The molecule has 0 aliphatic heterocycles. The highest BCUT2D eigenvalue weighted by atomic mass is 16.5. The van der Waals surface area contributed by atoms with E-state index in [4.69, 9.17) is 9.47 Å². The number of carbonyl (C=O) groups is 2. The molecule has 0 aliphatic carbocycles. The highest BCUT2D eigenvalue weighted by Crippen LogP contribution is 2.18. The van der Waals surface area contributed by atoms with E-state index in [2.05, 4.69) is 17.2 Å². The molecule has 0 unspecified atom stereocenters. The third-order valence-corrected chi connectivity index (χ3v) is 2.74. The average molecular weight is 306 g/mol. The number of benzene rings is 1. The second-order valence-corrected chi connectivity index (χ2v) is 4.72. The van der Waals surface area contributed by atoms with Crippen molar-refractivity contribution in [3.05, 3.63) is 42.0 Å². The van der Waals surface area contributed by atoms with Gasteiger partial charge in [-0.3, -0.25) is 4.79 Å². The van der Waals surface area contributed by atoms with Crippen LogP contribution in [0.1, 0.15) is 11.1 Å². The van der Waals surface area contributed by atoms with Crippen LogP contribution in [0.4, 0.5) is 4.79 Å². The maximum Gasteiger partial charge on any atom is 0.407 e. The normalized spacial score (nSPS) is 9.73. The van der Waals surface area contributed by atoms with Crippen molar-refractivity contribution in [1.29, 1.82) is 0 Å². The number of rotatable bonds is 8. The third-order valence-electron chi connectivity index (χ3n) is 2.74. The van der Waals surface area contributed by atoms with Crippen molar-refractivity contribution in [2.45, 2.75) is 13.8 Å². The lowest BCUT2D eigenvalue weighted by Gasteiger charge is -2.10. The van der Waals surface area contributed by atoms with Gasteiger partial charge in [0.25, 0.3) is 5.91 Å². The number of ether oxygens (including phenoxy) is 2. The summed E-state index contributed by atoms with van der Waals surface area (Å²) in [5, 5.41) is 5.14. The molecule has 6 nitrogen and oxygen atoms in total. The molecular formula is C16H22N2O4. The van der Waals surface area contributed by atoms with Gasteiger partial charge >= 0.3 is 6.09 Å². The molecule has 0 aliphatic rings. The molecule has 0 atom stereocenters. The number of hydrogen-bond acceptors (Lipinski definition) is 4. The van der Waals surface area contributed by atoms with Gasteiger partial charge in [0.2, 0.25) is 0 Å². The first kappa shape index (κ1) is 17.6. The van der Waals surface area contributed by atoms with Crippen LogP contribution in [0.15, 0.2) is 30.9 Å². The highest BCUT2D eigenvalue weighted by molar-refractivity contribution is 5.77. The fourth-order valence-corrected chi connectivity index (χ4v) is 1.71. The van der Waals surface area contributed by atoms with Crippen molar-refractivity contribution < 1.29 is 19.1 Å². The number of nitrogens with one attached hydrogen (secondary N) is 2. The molecular weight excluding hydrogens is 284 g/mol. The Bertz CT molecular complexity index is 529. The molecule has 22 heavy (non-hydrogen) atoms. The summed E-state index contributed by atoms with van der Waals surface area (Å²) in [6.45, 7) is 8.04. The van der Waals surface area contributed by atoms with Crippen molar-refractivity contribution in [2.24, 2.45) is 0 Å². The van der Waals surface area contributed by atoms with Gasteiger partial charge in [-0.1, -0.05) is 30.4 Å². The maximum atomic E-state index is 11.6. The number of hydrogen-bond donors (Lipinski definition) is 2. The molecule has 0 radical (unpaired) electrons. The molecule has 1 aromatic carbocycles. The fourth-order valence-electron chi connectivity index (χ4n) is 1.71. The molecule has 1 rings (SSSR count). The van der Waals surface area contributed by atoms with E-state index in [-0.39, 0.29) is 25.7 Å². The first-order valence-electron chi connectivity index (χ1n) is 7.01. The van der Waals surface area contributed by atoms with Crippen molar-refractivity contribution in [2.75, 3.05) is 26.3 Å². The van der Waals surface area contributed by atoms with Crippen LogP contribution in [0.5, 0.6) is 5.75 Å². The zero-order chi connectivity index (χ0) is 16.4. The SMILES string of the molecule is C=CCOC(=O)NCCNC(=O)COc1ccc(C)cc1C. The Kier molecular flexibility index (Phi) is 7.53. The third kappa shape index (κ3) is 6.78. The van der Waals surface area contributed by atoms with Gasteiger partial charge in [-0.2, -0.15) is 0 Å². The van der Waals surface area contributed by atoms with Gasteiger partial charge in [-0.25, -0.2) is 4.79 Å². The van der Waals surface area contributed by atoms with Crippen LogP contribution in [0, 0.1) is 13.8 Å². The predicted molar refractivity (Wildman–Crippen MR) is 84.0 cm³/mol. The van der Waals surface area contributed by atoms with E-state index in [0.717, 1.165) is 11.1 Å². The van der Waals surface area contributed by atoms with Gasteiger partial charge < -0.3 is 20.1 Å². The quantitative estimate of drug-likeness (QED) is 0.566. The minimum Gasteiger partial charge on any atom is -0.484 e. The van der Waals surface area contributed by atoms with Gasteiger partial charge in [0.05, 0.1) is 0 Å². The van der Waals surface area contributed by atoms with Crippen molar-refractivity contribution in [1.82, 2.24) is 10.6 Å². The van der Waals surface area contributed by atoms with Crippen LogP contribution >= 0.6 is 0 Å². The van der Waals surface area contributed by atoms with Crippen molar-refractivity contribution >= 4 is 12.0 Å². The topological polar surface area (TPSA) is 76.7 Å². The molecule has 0 aromatic heterocycles. The number of alkyl carbamates (subject to hydrolysis) is 1. The van der Waals surface area contributed by atoms with Crippen LogP contribution in [-0.4, -0.2) is 38.3 Å². The summed E-state index contributed by atoms with van der Waals surface area (Å²) in [6, 6.07) is 5.76. The first-order chi connectivity index (χ1) is 10.5. The zero-order valence-corrected chi connectivity index (χ0v) is 13.0. The van der Waals surface area contributed by atoms with Gasteiger partial charge in [0, 0.05) is 13.1 Å². The van der Waals surface area contributed by atoms with E-state index < -0.39 is 6.09 Å². The molecule has 120 valence electrons. The Hall–Kier alpha value is -2.50. The Morgan fingerprint density at radius 2 is 1.95 bits per heavy atom. The van der Waals surface area contributed by atoms with E-state index in [1.54, 1.807) is 0 Å². The van der Waals surface area contributed by atoms with Gasteiger partial charge in [0.1, 0.15) is 12.4 Å². The van der Waals surface area contributed by atoms with Crippen LogP contribution < -0.4 is 15.4 Å². The molecule has 0 spiro atoms. The standard InChI is InChI=1S/C16H22N2O4/c1-4-9-21-16(20)18-8-7-17-15(19)11-22-14-6-5-12(2)10-13(14)3/h4-6,10H,1,7-9,11H2,2-3H3,(H,17,19)(H,18,20). The number of carbonyl (C=O) groups excluding carboxylic acids is 2. The lowest BCUT2D eigenvalue weighted by Crippen LogP contribution is -2.37. The van der Waals surface area contributed by atoms with E-state index in [1.165, 1.54) is 6.08 Å². The van der Waals surface area contributed by atoms with E-state index in [0.29, 0.717) is 12.3 Å². The minimum absolute atomic E-state index is 0.0647. The smallest absolute Gasteiger partial charge is 0.407 e. The average Bonchev–Trinajstić information content (AvgIpc) is 2.48. The summed E-state index contributed by atoms with van der Waals surface area (Å²) in [7, 11) is 0. The maximum absolute atomic E-state index is 11.6. The molecule has 2 amide bonds. The summed E-state index contributed by atoms with van der Waals surface area (Å²) in [5.41, 5.74) is 2.13. The molecule has 0 saturated carbocycles. The lowest BCUT2D eigenvalue weighted by molar-refractivity contribution is -0.123. The zero-order valence-electron chi connectivity index (χ0n) is 13.0. The predicted octanol–water partition coefficient (Wildman–Crippen LogP) is 1.71. The van der Waals surface area contributed by atoms with Crippen molar-refractivity contribution in [3.8, 4) is 5.75 Å². The second-order valence-electron chi connectivity index (χ2n) is 4.72. The van der Waals surface area contributed by atoms with Gasteiger partial charge in [-0.15, -0.1) is 0 Å². The number of amides is 2. The largest absolute Gasteiger partial charge is 0.484 e.